The number of halogens is 2. The smallest absolute Gasteiger partial charge is 0.272 e. The third-order valence-corrected chi connectivity index (χ3v) is 6.49. The van der Waals surface area contributed by atoms with Gasteiger partial charge in [-0.05, 0) is 85.5 Å². The number of rotatable bonds is 6. The van der Waals surface area contributed by atoms with Crippen LogP contribution in [0.2, 0.25) is 0 Å². The summed E-state index contributed by atoms with van der Waals surface area (Å²) in [7, 11) is 1.80. The van der Waals surface area contributed by atoms with Crippen molar-refractivity contribution in [2.75, 3.05) is 0 Å². The third kappa shape index (κ3) is 5.91. The highest BCUT2D eigenvalue weighted by Crippen LogP contribution is 2.26. The maximum Gasteiger partial charge on any atom is 0.272 e. The van der Waals surface area contributed by atoms with Gasteiger partial charge in [0.25, 0.3) is 11.8 Å². The molecule has 0 spiro atoms. The molecule has 178 valence electrons. The molecule has 2 N–H and O–H groups in total. The summed E-state index contributed by atoms with van der Waals surface area (Å²) in [6.45, 7) is 1.89. The number of carbonyl (C=O) groups excluding carboxylic acids is 2. The van der Waals surface area contributed by atoms with E-state index in [0.29, 0.717) is 24.3 Å². The highest BCUT2D eigenvalue weighted by atomic mass is 127. The molecule has 1 aliphatic rings. The summed E-state index contributed by atoms with van der Waals surface area (Å²) >= 11 is 2.16. The molecule has 1 saturated carbocycles. The Morgan fingerprint density at radius 3 is 2.38 bits per heavy atom. The first-order valence-corrected chi connectivity index (χ1v) is 12.1. The largest absolute Gasteiger partial charge is 0.438 e. The van der Waals surface area contributed by atoms with Crippen molar-refractivity contribution in [1.82, 2.24) is 25.4 Å². The van der Waals surface area contributed by atoms with Gasteiger partial charge in [0.15, 0.2) is 0 Å². The normalized spacial score (nSPS) is 17.8. The molecule has 0 atom stereocenters. The quantitative estimate of drug-likeness (QED) is 0.430. The molecule has 0 saturated heterocycles. The van der Waals surface area contributed by atoms with E-state index in [4.69, 9.17) is 4.74 Å². The van der Waals surface area contributed by atoms with Gasteiger partial charge in [0.2, 0.25) is 5.88 Å². The summed E-state index contributed by atoms with van der Waals surface area (Å²) in [6.07, 6.45) is 3.84. The second-order valence-electron chi connectivity index (χ2n) is 8.36. The Morgan fingerprint density at radius 2 is 1.76 bits per heavy atom. The van der Waals surface area contributed by atoms with Crippen LogP contribution in [-0.4, -0.2) is 38.7 Å². The summed E-state index contributed by atoms with van der Waals surface area (Å²) in [5, 5.41) is 10.2. The summed E-state index contributed by atoms with van der Waals surface area (Å²) in [4.78, 5) is 29.4. The van der Waals surface area contributed by atoms with Gasteiger partial charge >= 0.3 is 0 Å². The third-order valence-electron chi connectivity index (χ3n) is 5.82. The molecule has 0 unspecified atom stereocenters. The predicted molar refractivity (Wildman–Crippen MR) is 132 cm³/mol. The number of nitrogens with one attached hydrogen (secondary N) is 2. The number of hydrogen-bond donors (Lipinski definition) is 2. The Bertz CT molecular complexity index is 1190. The summed E-state index contributed by atoms with van der Waals surface area (Å²) in [6, 6.07) is 10.1. The average Bonchev–Trinajstić information content (AvgIpc) is 3.15. The van der Waals surface area contributed by atoms with Crippen LogP contribution in [0.15, 0.2) is 42.6 Å². The van der Waals surface area contributed by atoms with Crippen LogP contribution in [0.5, 0.6) is 11.6 Å². The number of aryl methyl sites for hydroxylation is 2. The molecular weight excluding hydrogens is 552 g/mol. The van der Waals surface area contributed by atoms with E-state index in [1.807, 2.05) is 19.1 Å². The summed E-state index contributed by atoms with van der Waals surface area (Å²) < 4.78 is 22.3. The Balaban J connectivity index is 1.35. The minimum absolute atomic E-state index is 0.0123. The van der Waals surface area contributed by atoms with E-state index in [2.05, 4.69) is 43.3 Å². The van der Waals surface area contributed by atoms with E-state index in [1.165, 1.54) is 0 Å². The van der Waals surface area contributed by atoms with Crippen molar-refractivity contribution < 1.29 is 18.7 Å². The van der Waals surface area contributed by atoms with Crippen molar-refractivity contribution in [2.45, 2.75) is 44.7 Å². The van der Waals surface area contributed by atoms with E-state index in [-0.39, 0.29) is 29.4 Å². The molecule has 0 radical (unpaired) electrons. The minimum atomic E-state index is -0.615. The van der Waals surface area contributed by atoms with Crippen LogP contribution in [0.25, 0.3) is 0 Å². The average molecular weight is 577 g/mol. The minimum Gasteiger partial charge on any atom is -0.438 e. The van der Waals surface area contributed by atoms with E-state index < -0.39 is 11.7 Å². The fourth-order valence-corrected chi connectivity index (χ4v) is 4.40. The van der Waals surface area contributed by atoms with Crippen LogP contribution in [0.3, 0.4) is 0 Å². The van der Waals surface area contributed by atoms with Gasteiger partial charge in [-0.15, -0.1) is 0 Å². The lowest BCUT2D eigenvalue weighted by Crippen LogP contribution is -2.44. The van der Waals surface area contributed by atoms with Gasteiger partial charge in [-0.1, -0.05) is 6.07 Å². The molecule has 4 rings (SSSR count). The SMILES string of the molecule is Cc1cc(C(=O)N[C@H]2CC[C@H](NC(=O)c3cc(F)cnc3Oc3cccc(I)c3)CC2)nn1C. The number of amides is 2. The van der Waals surface area contributed by atoms with Crippen molar-refractivity contribution in [1.29, 1.82) is 0 Å². The number of aromatic nitrogens is 3. The van der Waals surface area contributed by atoms with Crippen LogP contribution in [0.4, 0.5) is 4.39 Å². The lowest BCUT2D eigenvalue weighted by atomic mass is 9.91. The zero-order chi connectivity index (χ0) is 24.2. The monoisotopic (exact) mass is 577 g/mol. The van der Waals surface area contributed by atoms with Crippen molar-refractivity contribution in [3.8, 4) is 11.6 Å². The van der Waals surface area contributed by atoms with Gasteiger partial charge in [0.05, 0.1) is 6.20 Å². The van der Waals surface area contributed by atoms with E-state index in [0.717, 1.165) is 34.4 Å². The Labute approximate surface area is 210 Å². The van der Waals surface area contributed by atoms with Crippen molar-refractivity contribution in [2.24, 2.45) is 7.05 Å². The maximum atomic E-state index is 13.9. The zero-order valence-electron chi connectivity index (χ0n) is 18.8. The van der Waals surface area contributed by atoms with Crippen molar-refractivity contribution >= 4 is 34.4 Å². The Kier molecular flexibility index (Phi) is 7.44. The molecule has 34 heavy (non-hydrogen) atoms. The predicted octanol–water partition coefficient (Wildman–Crippen LogP) is 4.13. The molecule has 1 fully saturated rings. The number of benzene rings is 1. The second-order valence-corrected chi connectivity index (χ2v) is 9.60. The lowest BCUT2D eigenvalue weighted by molar-refractivity contribution is 0.0887. The maximum absolute atomic E-state index is 13.9. The second kappa shape index (κ2) is 10.5. The van der Waals surface area contributed by atoms with Crippen molar-refractivity contribution in [3.63, 3.8) is 0 Å². The molecule has 2 heterocycles. The fraction of sp³-hybridized carbons (Fsp3) is 0.333. The molecule has 1 aliphatic carbocycles. The fourth-order valence-electron chi connectivity index (χ4n) is 3.89. The molecule has 0 bridgehead atoms. The van der Waals surface area contributed by atoms with E-state index >= 15 is 0 Å². The molecule has 8 nitrogen and oxygen atoms in total. The highest BCUT2D eigenvalue weighted by molar-refractivity contribution is 14.1. The number of ether oxygens (including phenoxy) is 1. The molecule has 3 aromatic rings. The molecule has 1 aromatic carbocycles. The van der Waals surface area contributed by atoms with E-state index in [1.54, 1.807) is 29.9 Å². The summed E-state index contributed by atoms with van der Waals surface area (Å²) in [5.41, 5.74) is 1.35. The topological polar surface area (TPSA) is 98.1 Å². The van der Waals surface area contributed by atoms with Crippen LogP contribution in [-0.2, 0) is 7.05 Å². The first-order valence-electron chi connectivity index (χ1n) is 11.0. The number of nitrogens with zero attached hydrogens (tertiary/aromatic N) is 3. The molecule has 2 amide bonds. The summed E-state index contributed by atoms with van der Waals surface area (Å²) in [5.74, 6) is -0.688. The number of carbonyl (C=O) groups is 2. The highest BCUT2D eigenvalue weighted by Gasteiger charge is 2.26. The Morgan fingerprint density at radius 1 is 1.09 bits per heavy atom. The van der Waals surface area contributed by atoms with Gasteiger partial charge in [0.1, 0.15) is 22.8 Å². The van der Waals surface area contributed by atoms with Crippen LogP contribution in [0.1, 0.15) is 52.2 Å². The molecular formula is C24H25FIN5O3. The van der Waals surface area contributed by atoms with Gasteiger partial charge in [-0.2, -0.15) is 5.10 Å². The molecule has 2 aromatic heterocycles. The number of hydrogen-bond acceptors (Lipinski definition) is 5. The van der Waals surface area contributed by atoms with Gasteiger partial charge in [-0.3, -0.25) is 14.3 Å². The van der Waals surface area contributed by atoms with Crippen LogP contribution in [0, 0.1) is 16.3 Å². The van der Waals surface area contributed by atoms with Crippen LogP contribution < -0.4 is 15.4 Å². The Hall–Kier alpha value is -3.02. The zero-order valence-corrected chi connectivity index (χ0v) is 21.0. The molecule has 10 heteroatoms. The first kappa shape index (κ1) is 24.1. The number of pyridine rings is 1. The van der Waals surface area contributed by atoms with Gasteiger partial charge in [-0.25, -0.2) is 9.37 Å². The first-order chi connectivity index (χ1) is 16.3. The van der Waals surface area contributed by atoms with Crippen LogP contribution >= 0.6 is 22.6 Å². The molecule has 0 aliphatic heterocycles. The van der Waals surface area contributed by atoms with Gasteiger partial charge < -0.3 is 15.4 Å². The lowest BCUT2D eigenvalue weighted by Gasteiger charge is -2.29. The van der Waals surface area contributed by atoms with Crippen molar-refractivity contribution in [3.05, 3.63) is 68.9 Å². The standard InChI is InChI=1S/C24H25FIN5O3/c1-14-10-21(30-31(14)2)23(33)29-18-8-6-17(7-9-18)28-22(32)20-11-15(25)13-27-24(20)34-19-5-3-4-16(26)12-19/h3-5,10-13,17-18H,6-9H2,1-2H3,(H,28,32)(H,29,33)/t17-,18-. The van der Waals surface area contributed by atoms with Gasteiger partial charge in [0, 0.05) is 28.4 Å². The van der Waals surface area contributed by atoms with E-state index in [9.17, 15) is 14.0 Å².